The third-order valence-electron chi connectivity index (χ3n) is 8.15. The van der Waals surface area contributed by atoms with E-state index in [0.717, 1.165) is 42.1 Å². The number of hydrogen-bond acceptors (Lipinski definition) is 9. The fourth-order valence-electron chi connectivity index (χ4n) is 5.62. The molecule has 2 aromatic carbocycles. The van der Waals surface area contributed by atoms with E-state index in [1.807, 2.05) is 7.05 Å². The van der Waals surface area contributed by atoms with Crippen LogP contribution >= 0.6 is 0 Å². The van der Waals surface area contributed by atoms with Crippen LogP contribution in [-0.4, -0.2) is 86.2 Å². The summed E-state index contributed by atoms with van der Waals surface area (Å²) in [6, 6.07) is 10.8. The Balaban J connectivity index is 0.00000480. The van der Waals surface area contributed by atoms with Crippen molar-refractivity contribution in [3.8, 4) is 11.6 Å². The SMILES string of the molecule is C.COc1ccc(C(=O)NC2CCN(C)CC2)cc1Nc1ncc(C(F)(F)F)c(O[C@@H]2Cc3ccccc3[C@H]2N(C)S(C)(=O)=O)n1. The molecular formula is C31H39F3N6O5S. The molecule has 2 heterocycles. The molecule has 0 unspecified atom stereocenters. The summed E-state index contributed by atoms with van der Waals surface area (Å²) in [6.07, 6.45) is -2.45. The van der Waals surface area contributed by atoms with Crippen molar-refractivity contribution < 1.29 is 35.9 Å². The third-order valence-corrected chi connectivity index (χ3v) is 9.42. The van der Waals surface area contributed by atoms with Crippen LogP contribution in [0.1, 0.15) is 53.4 Å². The van der Waals surface area contributed by atoms with Gasteiger partial charge in [-0.3, -0.25) is 4.79 Å². The molecule has 46 heavy (non-hydrogen) atoms. The summed E-state index contributed by atoms with van der Waals surface area (Å²) in [5.74, 6) is -1.00. The predicted octanol–water partition coefficient (Wildman–Crippen LogP) is 4.64. The van der Waals surface area contributed by atoms with Crippen LogP contribution in [0.4, 0.5) is 24.8 Å². The van der Waals surface area contributed by atoms with Gasteiger partial charge in [0, 0.05) is 31.3 Å². The zero-order chi connectivity index (χ0) is 32.5. The van der Waals surface area contributed by atoms with Crippen molar-refractivity contribution in [1.29, 1.82) is 0 Å². The van der Waals surface area contributed by atoms with Gasteiger partial charge in [-0.05, 0) is 62.3 Å². The Bertz CT molecular complexity index is 1660. The Morgan fingerprint density at radius 1 is 1.13 bits per heavy atom. The molecule has 0 bridgehead atoms. The number of carbonyl (C=O) groups excluding carboxylic acids is 1. The van der Waals surface area contributed by atoms with Gasteiger partial charge < -0.3 is 25.0 Å². The van der Waals surface area contributed by atoms with Gasteiger partial charge in [-0.1, -0.05) is 31.7 Å². The normalized spacial score (nSPS) is 18.9. The van der Waals surface area contributed by atoms with Gasteiger partial charge in [0.15, 0.2) is 0 Å². The number of nitrogens with one attached hydrogen (secondary N) is 2. The van der Waals surface area contributed by atoms with Crippen LogP contribution in [0.3, 0.4) is 0 Å². The minimum atomic E-state index is -4.86. The molecule has 2 atom stereocenters. The largest absolute Gasteiger partial charge is 0.495 e. The zero-order valence-corrected chi connectivity index (χ0v) is 26.1. The first kappa shape index (κ1) is 34.9. The van der Waals surface area contributed by atoms with Crippen molar-refractivity contribution in [2.75, 3.05) is 45.9 Å². The topological polar surface area (TPSA) is 126 Å². The number of hydrogen-bond donors (Lipinski definition) is 2. The summed E-state index contributed by atoms with van der Waals surface area (Å²) in [5.41, 5.74) is 0.738. The maximum Gasteiger partial charge on any atom is 0.423 e. The molecule has 1 aromatic heterocycles. The van der Waals surface area contributed by atoms with Crippen molar-refractivity contribution >= 4 is 27.6 Å². The highest BCUT2D eigenvalue weighted by Gasteiger charge is 2.43. The maximum atomic E-state index is 14.1. The Morgan fingerprint density at radius 3 is 2.48 bits per heavy atom. The highest BCUT2D eigenvalue weighted by molar-refractivity contribution is 7.88. The van der Waals surface area contributed by atoms with Crippen LogP contribution in [0.25, 0.3) is 0 Å². The van der Waals surface area contributed by atoms with Crippen LogP contribution < -0.4 is 20.1 Å². The minimum absolute atomic E-state index is 0. The minimum Gasteiger partial charge on any atom is -0.495 e. The molecule has 250 valence electrons. The van der Waals surface area contributed by atoms with Crippen molar-refractivity contribution in [2.24, 2.45) is 0 Å². The maximum absolute atomic E-state index is 14.1. The molecule has 11 nitrogen and oxygen atoms in total. The number of likely N-dealkylation sites (N-methyl/N-ethyl adjacent to an activating group) is 1. The molecule has 1 amide bonds. The molecule has 1 saturated heterocycles. The van der Waals surface area contributed by atoms with Crippen molar-refractivity contribution in [3.05, 3.63) is 70.9 Å². The summed E-state index contributed by atoms with van der Waals surface area (Å²) in [7, 11) is 1.06. The first-order valence-corrected chi connectivity index (χ1v) is 16.2. The second-order valence-corrected chi connectivity index (χ2v) is 13.3. The molecule has 0 radical (unpaired) electrons. The summed E-state index contributed by atoms with van der Waals surface area (Å²) >= 11 is 0. The van der Waals surface area contributed by atoms with Gasteiger partial charge in [-0.25, -0.2) is 13.4 Å². The third kappa shape index (κ3) is 7.70. The van der Waals surface area contributed by atoms with Gasteiger partial charge in [-0.15, -0.1) is 0 Å². The highest BCUT2D eigenvalue weighted by Crippen LogP contribution is 2.42. The summed E-state index contributed by atoms with van der Waals surface area (Å²) in [6.45, 7) is 1.74. The molecule has 3 aromatic rings. The smallest absolute Gasteiger partial charge is 0.423 e. The van der Waals surface area contributed by atoms with E-state index in [1.54, 1.807) is 36.4 Å². The van der Waals surface area contributed by atoms with Gasteiger partial charge in [-0.2, -0.15) is 22.5 Å². The molecule has 0 saturated carbocycles. The lowest BCUT2D eigenvalue weighted by Gasteiger charge is -2.29. The molecule has 15 heteroatoms. The van der Waals surface area contributed by atoms with Gasteiger partial charge in [0.05, 0.1) is 25.1 Å². The first-order valence-electron chi connectivity index (χ1n) is 14.3. The Hall–Kier alpha value is -3.95. The quantitative estimate of drug-likeness (QED) is 0.337. The van der Waals surface area contributed by atoms with Crippen molar-refractivity contribution in [2.45, 2.75) is 51.1 Å². The number of sulfonamides is 1. The number of carbonyl (C=O) groups is 1. The van der Waals surface area contributed by atoms with Gasteiger partial charge >= 0.3 is 6.18 Å². The molecule has 1 aliphatic heterocycles. The van der Waals surface area contributed by atoms with Crippen LogP contribution in [0, 0.1) is 0 Å². The average Bonchev–Trinajstić information content (AvgIpc) is 3.34. The molecule has 5 rings (SSSR count). The lowest BCUT2D eigenvalue weighted by molar-refractivity contribution is -0.140. The van der Waals surface area contributed by atoms with Crippen LogP contribution in [0.5, 0.6) is 11.6 Å². The number of methoxy groups -OCH3 is 1. The Morgan fingerprint density at radius 2 is 1.83 bits per heavy atom. The van der Waals surface area contributed by atoms with Crippen LogP contribution in [-0.2, 0) is 22.6 Å². The lowest BCUT2D eigenvalue weighted by Crippen LogP contribution is -2.43. The van der Waals surface area contributed by atoms with E-state index < -0.39 is 39.8 Å². The highest BCUT2D eigenvalue weighted by atomic mass is 32.2. The number of amides is 1. The summed E-state index contributed by atoms with van der Waals surface area (Å²) in [5, 5.41) is 5.89. The standard InChI is InChI=1S/C30H35F3N6O5S.CH4/c1-38-13-11-20(12-14-38)35-27(40)19-9-10-24(43-3)23(15-19)36-29-34-17-22(30(31,32)33)28(37-29)44-25-16-18-7-5-6-8-21(18)26(25)39(2)45(4,41)42;/h5-10,15,17,20,25-26H,11-14,16H2,1-4H3,(H,35,40)(H,34,36,37);1H4/t25-,26-;/m1./s1. The number of likely N-dealkylation sites (tertiary alicyclic amines) is 1. The van der Waals surface area contributed by atoms with E-state index >= 15 is 0 Å². The fraction of sp³-hybridized carbons (Fsp3) is 0.452. The number of aromatic nitrogens is 2. The zero-order valence-electron chi connectivity index (χ0n) is 25.3. The molecule has 2 N–H and O–H groups in total. The molecule has 0 spiro atoms. The Labute approximate surface area is 267 Å². The van der Waals surface area contributed by atoms with Gasteiger partial charge in [0.25, 0.3) is 5.91 Å². The Kier molecular flexibility index (Phi) is 10.5. The predicted molar refractivity (Wildman–Crippen MR) is 168 cm³/mol. The average molecular weight is 665 g/mol. The van der Waals surface area contributed by atoms with Crippen LogP contribution in [0.15, 0.2) is 48.7 Å². The number of fused-ring (bicyclic) bond motifs is 1. The molecule has 1 aliphatic carbocycles. The molecule has 2 aliphatic rings. The summed E-state index contributed by atoms with van der Waals surface area (Å²) < 4.78 is 79.7. The first-order chi connectivity index (χ1) is 21.2. The summed E-state index contributed by atoms with van der Waals surface area (Å²) in [4.78, 5) is 23.2. The number of piperidine rings is 1. The number of rotatable bonds is 9. The number of nitrogens with zero attached hydrogens (tertiary/aromatic N) is 4. The number of ether oxygens (including phenoxy) is 2. The number of benzene rings is 2. The van der Waals surface area contributed by atoms with Gasteiger partial charge in [0.2, 0.25) is 21.9 Å². The van der Waals surface area contributed by atoms with E-state index in [0.29, 0.717) is 23.1 Å². The molecule has 1 fully saturated rings. The monoisotopic (exact) mass is 664 g/mol. The second kappa shape index (κ2) is 13.8. The lowest BCUT2D eigenvalue weighted by atomic mass is 10.0. The second-order valence-electron chi connectivity index (χ2n) is 11.3. The van der Waals surface area contributed by atoms with E-state index in [4.69, 9.17) is 9.47 Å². The number of halogens is 3. The number of alkyl halides is 3. The fourth-order valence-corrected chi connectivity index (χ4v) is 6.28. The van der Waals surface area contributed by atoms with Crippen LogP contribution in [0.2, 0.25) is 0 Å². The van der Waals surface area contributed by atoms with E-state index in [1.165, 1.54) is 20.2 Å². The van der Waals surface area contributed by atoms with Gasteiger partial charge in [0.1, 0.15) is 17.4 Å². The van der Waals surface area contributed by atoms with Crippen molar-refractivity contribution in [3.63, 3.8) is 0 Å². The van der Waals surface area contributed by atoms with E-state index in [2.05, 4.69) is 25.5 Å². The van der Waals surface area contributed by atoms with E-state index in [-0.39, 0.29) is 37.4 Å². The van der Waals surface area contributed by atoms with E-state index in [9.17, 15) is 26.4 Å². The molecular weight excluding hydrogens is 625 g/mol. The van der Waals surface area contributed by atoms with Crippen molar-refractivity contribution in [1.82, 2.24) is 24.5 Å². The number of anilines is 2.